The third-order valence-electron chi connectivity index (χ3n) is 3.47. The van der Waals surface area contributed by atoms with Gasteiger partial charge in [0, 0.05) is 6.54 Å². The Morgan fingerprint density at radius 3 is 2.50 bits per heavy atom. The Balaban J connectivity index is 2.00. The molecule has 0 aliphatic rings. The van der Waals surface area contributed by atoms with Crippen molar-refractivity contribution in [2.75, 3.05) is 20.8 Å². The summed E-state index contributed by atoms with van der Waals surface area (Å²) in [6.45, 7) is 2.49. The highest BCUT2D eigenvalue weighted by molar-refractivity contribution is 5.97. The molecule has 0 radical (unpaired) electrons. The van der Waals surface area contributed by atoms with E-state index >= 15 is 0 Å². The second kappa shape index (κ2) is 7.50. The van der Waals surface area contributed by atoms with Crippen molar-refractivity contribution in [2.24, 2.45) is 0 Å². The van der Waals surface area contributed by atoms with E-state index < -0.39 is 0 Å². The maximum Gasteiger partial charge on any atom is 0.255 e. The van der Waals surface area contributed by atoms with E-state index in [1.54, 1.807) is 14.2 Å². The van der Waals surface area contributed by atoms with Gasteiger partial charge in [-0.05, 0) is 37.1 Å². The molecule has 0 bridgehead atoms. The fraction of sp³-hybridized carbons (Fsp3) is 0.278. The third kappa shape index (κ3) is 3.79. The van der Waals surface area contributed by atoms with Gasteiger partial charge in [0.2, 0.25) is 0 Å². The fourth-order valence-electron chi connectivity index (χ4n) is 2.31. The van der Waals surface area contributed by atoms with Gasteiger partial charge in [0.15, 0.2) is 0 Å². The Morgan fingerprint density at radius 1 is 1.05 bits per heavy atom. The summed E-state index contributed by atoms with van der Waals surface area (Å²) in [6, 6.07) is 13.4. The van der Waals surface area contributed by atoms with Crippen LogP contribution >= 0.6 is 0 Å². The quantitative estimate of drug-likeness (QED) is 0.892. The first-order valence-corrected chi connectivity index (χ1v) is 7.20. The molecule has 0 spiro atoms. The molecule has 0 aromatic heterocycles. The van der Waals surface area contributed by atoms with E-state index in [4.69, 9.17) is 9.47 Å². The molecule has 0 saturated carbocycles. The summed E-state index contributed by atoms with van der Waals surface area (Å²) < 4.78 is 10.5. The minimum Gasteiger partial charge on any atom is -0.496 e. The van der Waals surface area contributed by atoms with E-state index in [1.807, 2.05) is 49.4 Å². The monoisotopic (exact) mass is 299 g/mol. The van der Waals surface area contributed by atoms with Gasteiger partial charge >= 0.3 is 0 Å². The molecule has 0 aliphatic carbocycles. The van der Waals surface area contributed by atoms with Crippen LogP contribution < -0.4 is 14.8 Å². The van der Waals surface area contributed by atoms with Crippen molar-refractivity contribution < 1.29 is 14.3 Å². The number of carbonyl (C=O) groups excluding carboxylic acids is 1. The van der Waals surface area contributed by atoms with Crippen LogP contribution in [0.5, 0.6) is 11.5 Å². The molecule has 2 aromatic carbocycles. The summed E-state index contributed by atoms with van der Waals surface area (Å²) >= 11 is 0. The normalized spacial score (nSPS) is 10.1. The molecule has 4 heteroatoms. The van der Waals surface area contributed by atoms with Crippen LogP contribution in [-0.4, -0.2) is 26.7 Å². The number of nitrogens with one attached hydrogen (secondary N) is 1. The van der Waals surface area contributed by atoms with Gasteiger partial charge in [0.05, 0.1) is 19.8 Å². The zero-order chi connectivity index (χ0) is 15.9. The van der Waals surface area contributed by atoms with E-state index in [1.165, 1.54) is 0 Å². The number of carbonyl (C=O) groups is 1. The van der Waals surface area contributed by atoms with Gasteiger partial charge in [-0.15, -0.1) is 0 Å². The maximum absolute atomic E-state index is 12.3. The van der Waals surface area contributed by atoms with Crippen molar-refractivity contribution in [2.45, 2.75) is 13.3 Å². The molecule has 0 heterocycles. The van der Waals surface area contributed by atoms with E-state index in [-0.39, 0.29) is 5.91 Å². The topological polar surface area (TPSA) is 47.6 Å². The molecule has 0 unspecified atom stereocenters. The molecule has 1 amide bonds. The van der Waals surface area contributed by atoms with Crippen LogP contribution in [-0.2, 0) is 6.42 Å². The number of methoxy groups -OCH3 is 2. The molecule has 2 aromatic rings. The molecule has 22 heavy (non-hydrogen) atoms. The zero-order valence-corrected chi connectivity index (χ0v) is 13.2. The second-order valence-electron chi connectivity index (χ2n) is 5.02. The smallest absolute Gasteiger partial charge is 0.255 e. The Labute approximate surface area is 131 Å². The average Bonchev–Trinajstić information content (AvgIpc) is 2.55. The van der Waals surface area contributed by atoms with Crippen molar-refractivity contribution in [1.29, 1.82) is 0 Å². The number of rotatable bonds is 6. The average molecular weight is 299 g/mol. The van der Waals surface area contributed by atoms with Crippen LogP contribution in [0.1, 0.15) is 21.5 Å². The molecule has 0 atom stereocenters. The lowest BCUT2D eigenvalue weighted by Crippen LogP contribution is -2.26. The maximum atomic E-state index is 12.3. The second-order valence-corrected chi connectivity index (χ2v) is 5.02. The minimum absolute atomic E-state index is 0.129. The Morgan fingerprint density at radius 2 is 1.77 bits per heavy atom. The van der Waals surface area contributed by atoms with Gasteiger partial charge < -0.3 is 14.8 Å². The number of ether oxygens (including phenoxy) is 2. The van der Waals surface area contributed by atoms with Crippen molar-refractivity contribution in [3.63, 3.8) is 0 Å². The molecular weight excluding hydrogens is 278 g/mol. The van der Waals surface area contributed by atoms with Crippen LogP contribution in [0.25, 0.3) is 0 Å². The minimum atomic E-state index is -0.129. The lowest BCUT2D eigenvalue weighted by atomic mass is 10.1. The first-order valence-electron chi connectivity index (χ1n) is 7.20. The molecule has 0 aliphatic heterocycles. The van der Waals surface area contributed by atoms with Crippen LogP contribution in [0, 0.1) is 6.92 Å². The highest BCUT2D eigenvalue weighted by atomic mass is 16.5. The lowest BCUT2D eigenvalue weighted by molar-refractivity contribution is 0.0951. The van der Waals surface area contributed by atoms with E-state index in [9.17, 15) is 4.79 Å². The van der Waals surface area contributed by atoms with Gasteiger partial charge in [-0.1, -0.05) is 29.8 Å². The summed E-state index contributed by atoms with van der Waals surface area (Å²) in [6.07, 6.45) is 0.712. The zero-order valence-electron chi connectivity index (χ0n) is 13.2. The summed E-state index contributed by atoms with van der Waals surface area (Å²) in [5.41, 5.74) is 2.65. The molecule has 2 rings (SSSR count). The van der Waals surface area contributed by atoms with Crippen molar-refractivity contribution in [1.82, 2.24) is 5.32 Å². The number of aryl methyl sites for hydroxylation is 1. The lowest BCUT2D eigenvalue weighted by Gasteiger charge is -2.11. The molecule has 1 N–H and O–H groups in total. The number of para-hydroxylation sites is 1. The number of benzene rings is 2. The first kappa shape index (κ1) is 15.9. The van der Waals surface area contributed by atoms with E-state index in [0.717, 1.165) is 16.9 Å². The van der Waals surface area contributed by atoms with Crippen molar-refractivity contribution in [3.8, 4) is 11.5 Å². The molecular formula is C18H21NO3. The van der Waals surface area contributed by atoms with Gasteiger partial charge in [0.1, 0.15) is 11.5 Å². The van der Waals surface area contributed by atoms with Crippen molar-refractivity contribution in [3.05, 3.63) is 59.2 Å². The van der Waals surface area contributed by atoms with Gasteiger partial charge in [-0.25, -0.2) is 0 Å². The number of hydrogen-bond donors (Lipinski definition) is 1. The molecule has 4 nitrogen and oxygen atoms in total. The number of hydrogen-bond acceptors (Lipinski definition) is 3. The Kier molecular flexibility index (Phi) is 5.42. The van der Waals surface area contributed by atoms with Crippen LogP contribution in [0.3, 0.4) is 0 Å². The van der Waals surface area contributed by atoms with Gasteiger partial charge in [0.25, 0.3) is 5.91 Å². The SMILES string of the molecule is COc1ccccc1CCNC(=O)c1cc(C)ccc1OC. The summed E-state index contributed by atoms with van der Waals surface area (Å²) in [5, 5.41) is 2.93. The Hall–Kier alpha value is -2.49. The molecule has 0 fully saturated rings. The van der Waals surface area contributed by atoms with E-state index in [2.05, 4.69) is 5.32 Å². The van der Waals surface area contributed by atoms with Crippen LogP contribution in [0.4, 0.5) is 0 Å². The summed E-state index contributed by atoms with van der Waals surface area (Å²) in [4.78, 5) is 12.3. The Bertz CT molecular complexity index is 653. The predicted octanol–water partition coefficient (Wildman–Crippen LogP) is 2.98. The van der Waals surface area contributed by atoms with Crippen LogP contribution in [0.2, 0.25) is 0 Å². The molecule has 0 saturated heterocycles. The molecule has 116 valence electrons. The fourth-order valence-corrected chi connectivity index (χ4v) is 2.31. The van der Waals surface area contributed by atoms with Crippen LogP contribution in [0.15, 0.2) is 42.5 Å². The van der Waals surface area contributed by atoms with Crippen molar-refractivity contribution >= 4 is 5.91 Å². The largest absolute Gasteiger partial charge is 0.496 e. The van der Waals surface area contributed by atoms with Gasteiger partial charge in [-0.2, -0.15) is 0 Å². The standard InChI is InChI=1S/C18H21NO3/c1-13-8-9-17(22-3)15(12-13)18(20)19-11-10-14-6-4-5-7-16(14)21-2/h4-9,12H,10-11H2,1-3H3,(H,19,20). The van der Waals surface area contributed by atoms with E-state index in [0.29, 0.717) is 24.3 Å². The summed E-state index contributed by atoms with van der Waals surface area (Å²) in [5.74, 6) is 1.29. The first-order chi connectivity index (χ1) is 10.7. The van der Waals surface area contributed by atoms with Gasteiger partial charge in [-0.3, -0.25) is 4.79 Å². The number of amides is 1. The third-order valence-corrected chi connectivity index (χ3v) is 3.47. The predicted molar refractivity (Wildman–Crippen MR) is 86.8 cm³/mol. The highest BCUT2D eigenvalue weighted by Crippen LogP contribution is 2.20. The summed E-state index contributed by atoms with van der Waals surface area (Å²) in [7, 11) is 3.21. The highest BCUT2D eigenvalue weighted by Gasteiger charge is 2.12.